The monoisotopic (exact) mass is 456 g/mol. The molecule has 0 saturated carbocycles. The third-order valence-corrected chi connectivity index (χ3v) is 7.98. The first kappa shape index (κ1) is 27.9. The van der Waals surface area contributed by atoms with E-state index in [0.29, 0.717) is 5.92 Å². The van der Waals surface area contributed by atoms with E-state index in [1.807, 2.05) is 0 Å². The largest absolute Gasteiger partial charge is 0.0808 e. The van der Waals surface area contributed by atoms with Crippen molar-refractivity contribution in [1.29, 1.82) is 0 Å². The highest BCUT2D eigenvalue weighted by Crippen LogP contribution is 2.38. The van der Waals surface area contributed by atoms with Crippen molar-refractivity contribution in [3.63, 3.8) is 0 Å². The van der Waals surface area contributed by atoms with E-state index in [2.05, 4.69) is 138 Å². The van der Waals surface area contributed by atoms with Crippen LogP contribution in [0.2, 0.25) is 0 Å². The Morgan fingerprint density at radius 3 is 1.79 bits per heavy atom. The average Bonchev–Trinajstić information content (AvgIpc) is 2.71. The molecule has 0 nitrogen and oxygen atoms in total. The van der Waals surface area contributed by atoms with Crippen LogP contribution in [0.1, 0.15) is 93.0 Å². The fraction of sp³-hybridized carbons (Fsp3) is 0.471. The lowest BCUT2D eigenvalue weighted by Gasteiger charge is -2.34. The Hall–Kier alpha value is -2.34. The Bertz CT molecular complexity index is 1080. The predicted octanol–water partition coefficient (Wildman–Crippen LogP) is 9.74. The quantitative estimate of drug-likeness (QED) is 0.347. The molecule has 34 heavy (non-hydrogen) atoms. The lowest BCUT2D eigenvalue weighted by atomic mass is 9.70. The molecule has 0 radical (unpaired) electrons. The van der Waals surface area contributed by atoms with E-state index >= 15 is 0 Å². The Labute approximate surface area is 210 Å². The molecule has 0 amide bonds. The normalized spacial score (nSPS) is 14.4. The maximum Gasteiger partial charge on any atom is 0.0111 e. The van der Waals surface area contributed by atoms with Gasteiger partial charge in [-0.1, -0.05) is 113 Å². The van der Waals surface area contributed by atoms with Crippen molar-refractivity contribution in [2.75, 3.05) is 0 Å². The minimum atomic E-state index is 0.00469. The number of rotatable bonds is 8. The topological polar surface area (TPSA) is 0 Å². The zero-order valence-electron chi connectivity index (χ0n) is 24.0. The molecule has 0 bridgehead atoms. The van der Waals surface area contributed by atoms with Gasteiger partial charge >= 0.3 is 0 Å². The Kier molecular flexibility index (Phi) is 8.98. The first-order chi connectivity index (χ1) is 15.7. The van der Waals surface area contributed by atoms with E-state index in [1.54, 1.807) is 0 Å². The summed E-state index contributed by atoms with van der Waals surface area (Å²) in [5.41, 5.74) is 12.8. The van der Waals surface area contributed by atoms with Crippen molar-refractivity contribution in [2.24, 2.45) is 5.92 Å². The molecule has 1 atom stereocenters. The highest BCUT2D eigenvalue weighted by molar-refractivity contribution is 5.47. The molecule has 0 spiro atoms. The number of hydrogen-bond acceptors (Lipinski definition) is 0. The molecule has 0 aliphatic rings. The first-order valence-electron chi connectivity index (χ1n) is 12.9. The SMILES string of the molecule is CCc1cc(C)cc(C)c1C(C)(C)C(C)/C=C/C=C/C=C(\C)C(C)(C)c1c(C)cc(C)cc1C. The van der Waals surface area contributed by atoms with Crippen LogP contribution in [0, 0.1) is 40.5 Å². The lowest BCUT2D eigenvalue weighted by molar-refractivity contribution is 0.404. The van der Waals surface area contributed by atoms with Gasteiger partial charge in [-0.2, -0.15) is 0 Å². The summed E-state index contributed by atoms with van der Waals surface area (Å²) in [6, 6.07) is 9.31. The predicted molar refractivity (Wildman–Crippen MR) is 153 cm³/mol. The molecule has 0 aliphatic heterocycles. The van der Waals surface area contributed by atoms with Gasteiger partial charge in [-0.15, -0.1) is 0 Å². The van der Waals surface area contributed by atoms with Gasteiger partial charge in [0, 0.05) is 5.41 Å². The fourth-order valence-electron chi connectivity index (χ4n) is 5.79. The third-order valence-electron chi connectivity index (χ3n) is 7.98. The summed E-state index contributed by atoms with van der Waals surface area (Å²) in [5, 5.41) is 0. The number of hydrogen-bond donors (Lipinski definition) is 0. The van der Waals surface area contributed by atoms with Gasteiger partial charge in [0.15, 0.2) is 0 Å². The summed E-state index contributed by atoms with van der Waals surface area (Å²) < 4.78 is 0. The molecule has 0 heterocycles. The maximum atomic E-state index is 2.39. The van der Waals surface area contributed by atoms with Crippen LogP contribution in [0.4, 0.5) is 0 Å². The molecule has 2 aromatic rings. The van der Waals surface area contributed by atoms with Gasteiger partial charge in [0.25, 0.3) is 0 Å². The van der Waals surface area contributed by atoms with Crippen molar-refractivity contribution in [3.8, 4) is 0 Å². The van der Waals surface area contributed by atoms with Gasteiger partial charge < -0.3 is 0 Å². The van der Waals surface area contributed by atoms with E-state index in [0.717, 1.165) is 6.42 Å². The number of allylic oxidation sites excluding steroid dienone is 6. The second-order valence-electron chi connectivity index (χ2n) is 11.5. The van der Waals surface area contributed by atoms with Gasteiger partial charge in [-0.3, -0.25) is 0 Å². The molecule has 0 aliphatic carbocycles. The molecule has 184 valence electrons. The van der Waals surface area contributed by atoms with E-state index in [1.165, 1.54) is 50.1 Å². The minimum absolute atomic E-state index is 0.00469. The van der Waals surface area contributed by atoms with Crippen LogP contribution < -0.4 is 0 Å². The molecule has 0 saturated heterocycles. The van der Waals surface area contributed by atoms with Crippen LogP contribution in [0.5, 0.6) is 0 Å². The summed E-state index contributed by atoms with van der Waals surface area (Å²) in [7, 11) is 0. The van der Waals surface area contributed by atoms with Crippen molar-refractivity contribution >= 4 is 0 Å². The van der Waals surface area contributed by atoms with Crippen molar-refractivity contribution in [1.82, 2.24) is 0 Å². The molecule has 0 aromatic heterocycles. The molecule has 2 aromatic carbocycles. The number of benzene rings is 2. The van der Waals surface area contributed by atoms with Gasteiger partial charge in [0.1, 0.15) is 0 Å². The Morgan fingerprint density at radius 2 is 1.26 bits per heavy atom. The second-order valence-corrected chi connectivity index (χ2v) is 11.5. The first-order valence-corrected chi connectivity index (χ1v) is 12.9. The van der Waals surface area contributed by atoms with Crippen LogP contribution >= 0.6 is 0 Å². The fourth-order valence-corrected chi connectivity index (χ4v) is 5.79. The van der Waals surface area contributed by atoms with Crippen molar-refractivity contribution < 1.29 is 0 Å². The van der Waals surface area contributed by atoms with Crippen molar-refractivity contribution in [2.45, 2.75) is 100 Å². The Balaban J connectivity index is 2.22. The summed E-state index contributed by atoms with van der Waals surface area (Å²) >= 11 is 0. The van der Waals surface area contributed by atoms with Crippen LogP contribution in [-0.2, 0) is 17.3 Å². The highest BCUT2D eigenvalue weighted by Gasteiger charge is 2.30. The molecule has 0 heteroatoms. The summed E-state index contributed by atoms with van der Waals surface area (Å²) in [4.78, 5) is 0. The Morgan fingerprint density at radius 1 is 0.765 bits per heavy atom. The van der Waals surface area contributed by atoms with Gasteiger partial charge in [0.2, 0.25) is 0 Å². The summed E-state index contributed by atoms with van der Waals surface area (Å²) in [5.74, 6) is 0.434. The molecule has 2 rings (SSSR count). The van der Waals surface area contributed by atoms with E-state index in [4.69, 9.17) is 0 Å². The van der Waals surface area contributed by atoms with Gasteiger partial charge in [0.05, 0.1) is 0 Å². The number of aryl methyl sites for hydroxylation is 6. The molecular weight excluding hydrogens is 408 g/mol. The van der Waals surface area contributed by atoms with E-state index < -0.39 is 0 Å². The molecular formula is C34H48. The zero-order valence-corrected chi connectivity index (χ0v) is 24.0. The summed E-state index contributed by atoms with van der Waals surface area (Å²) in [6.45, 7) is 27.5. The molecule has 0 N–H and O–H groups in total. The van der Waals surface area contributed by atoms with Crippen LogP contribution in [0.25, 0.3) is 0 Å². The van der Waals surface area contributed by atoms with Crippen LogP contribution in [0.15, 0.2) is 60.2 Å². The van der Waals surface area contributed by atoms with Crippen LogP contribution in [0.3, 0.4) is 0 Å². The van der Waals surface area contributed by atoms with Gasteiger partial charge in [-0.25, -0.2) is 0 Å². The smallest absolute Gasteiger partial charge is 0.0111 e. The third kappa shape index (κ3) is 6.01. The highest BCUT2D eigenvalue weighted by atomic mass is 14.3. The van der Waals surface area contributed by atoms with Gasteiger partial charge in [-0.05, 0) is 92.7 Å². The minimum Gasteiger partial charge on any atom is -0.0808 e. The standard InChI is InChI=1S/C34H48/c1-13-30-22-24(3)21-27(6)32(30)34(11,12)29(8)18-16-14-15-17-28(7)33(9,10)31-25(4)19-23(2)20-26(31)5/h14-22,29H,13H2,1-12H3/b15-14+,18-16+,28-17+. The van der Waals surface area contributed by atoms with Crippen LogP contribution in [-0.4, -0.2) is 0 Å². The van der Waals surface area contributed by atoms with E-state index in [9.17, 15) is 0 Å². The maximum absolute atomic E-state index is 2.39. The van der Waals surface area contributed by atoms with Crippen molar-refractivity contribution in [3.05, 3.63) is 105 Å². The lowest BCUT2D eigenvalue weighted by Crippen LogP contribution is -2.28. The van der Waals surface area contributed by atoms with E-state index in [-0.39, 0.29) is 10.8 Å². The molecule has 1 unspecified atom stereocenters. The molecule has 0 fully saturated rings. The summed E-state index contributed by atoms with van der Waals surface area (Å²) in [6.07, 6.45) is 12.3. The average molecular weight is 457 g/mol. The second kappa shape index (κ2) is 10.9. The zero-order chi connectivity index (χ0) is 25.8.